The Balaban J connectivity index is 2.16. The van der Waals surface area contributed by atoms with Gasteiger partial charge in [0.05, 0.1) is 6.42 Å². The minimum absolute atomic E-state index is 0.120. The molecule has 0 unspecified atom stereocenters. The van der Waals surface area contributed by atoms with Crippen LogP contribution >= 0.6 is 0 Å². The first-order valence-electron chi connectivity index (χ1n) is 5.35. The lowest BCUT2D eigenvalue weighted by Crippen LogP contribution is -2.23. The third-order valence-corrected chi connectivity index (χ3v) is 2.59. The summed E-state index contributed by atoms with van der Waals surface area (Å²) < 4.78 is 0. The topological polar surface area (TPSA) is 55.1 Å². The van der Waals surface area contributed by atoms with E-state index in [1.165, 1.54) is 11.1 Å². The summed E-state index contributed by atoms with van der Waals surface area (Å²) in [7, 11) is 0. The van der Waals surface area contributed by atoms with E-state index in [4.69, 9.17) is 5.73 Å². The Hall–Kier alpha value is -1.79. The quantitative estimate of drug-likeness (QED) is 0.671. The van der Waals surface area contributed by atoms with Crippen LogP contribution in [0.1, 0.15) is 23.1 Å². The molecule has 3 N–H and O–H groups in total. The van der Waals surface area contributed by atoms with Gasteiger partial charge >= 0.3 is 0 Å². The second-order valence-electron chi connectivity index (χ2n) is 3.86. The van der Waals surface area contributed by atoms with Crippen LogP contribution in [-0.4, -0.2) is 12.5 Å². The van der Waals surface area contributed by atoms with Crippen molar-refractivity contribution < 1.29 is 4.79 Å². The van der Waals surface area contributed by atoms with Crippen molar-refractivity contribution >= 4 is 5.91 Å². The maximum atomic E-state index is 10.5. The van der Waals surface area contributed by atoms with Crippen molar-refractivity contribution in [2.75, 3.05) is 6.54 Å². The first-order valence-corrected chi connectivity index (χ1v) is 5.35. The summed E-state index contributed by atoms with van der Waals surface area (Å²) in [4.78, 5) is 10.5. The van der Waals surface area contributed by atoms with Gasteiger partial charge in [-0.15, -0.1) is 0 Å². The molecular formula is C13H14N2O. The average Bonchev–Trinajstić information content (AvgIpc) is 2.28. The van der Waals surface area contributed by atoms with Crippen molar-refractivity contribution in [2.45, 2.75) is 19.4 Å². The van der Waals surface area contributed by atoms with E-state index in [1.807, 2.05) is 6.07 Å². The maximum absolute atomic E-state index is 10.5. The highest BCUT2D eigenvalue weighted by molar-refractivity contribution is 5.76. The van der Waals surface area contributed by atoms with E-state index >= 15 is 0 Å². The van der Waals surface area contributed by atoms with Crippen molar-refractivity contribution in [3.8, 4) is 11.8 Å². The molecule has 0 aromatic heterocycles. The number of amides is 1. The number of benzene rings is 1. The van der Waals surface area contributed by atoms with Crippen molar-refractivity contribution in [2.24, 2.45) is 5.73 Å². The molecule has 0 saturated carbocycles. The Morgan fingerprint density at radius 1 is 1.44 bits per heavy atom. The molecule has 0 fully saturated rings. The number of primary amides is 1. The highest BCUT2D eigenvalue weighted by Crippen LogP contribution is 2.15. The number of fused-ring (bicyclic) bond motifs is 1. The number of carbonyl (C=O) groups is 1. The van der Waals surface area contributed by atoms with Gasteiger partial charge in [0.2, 0.25) is 5.91 Å². The predicted octanol–water partition coefficient (Wildman–Crippen LogP) is 0.559. The molecule has 0 atom stereocenters. The lowest BCUT2D eigenvalue weighted by atomic mass is 9.99. The summed E-state index contributed by atoms with van der Waals surface area (Å²) in [6.07, 6.45) is 1.19. The van der Waals surface area contributed by atoms with E-state index < -0.39 is 0 Å². The molecule has 3 nitrogen and oxygen atoms in total. The van der Waals surface area contributed by atoms with E-state index in [-0.39, 0.29) is 12.3 Å². The molecule has 0 spiro atoms. The van der Waals surface area contributed by atoms with Gasteiger partial charge in [-0.25, -0.2) is 0 Å². The molecule has 82 valence electrons. The summed E-state index contributed by atoms with van der Waals surface area (Å²) in [5.74, 6) is 5.33. The van der Waals surface area contributed by atoms with Crippen LogP contribution < -0.4 is 11.1 Å². The molecule has 0 saturated heterocycles. The zero-order valence-electron chi connectivity index (χ0n) is 9.05. The van der Waals surface area contributed by atoms with Crippen LogP contribution in [0.25, 0.3) is 0 Å². The van der Waals surface area contributed by atoms with Crippen molar-refractivity contribution in [1.82, 2.24) is 5.32 Å². The highest BCUT2D eigenvalue weighted by Gasteiger charge is 2.07. The molecule has 1 aliphatic rings. The minimum Gasteiger partial charge on any atom is -0.369 e. The van der Waals surface area contributed by atoms with E-state index in [0.29, 0.717) is 0 Å². The Morgan fingerprint density at radius 2 is 2.31 bits per heavy atom. The largest absolute Gasteiger partial charge is 0.369 e. The van der Waals surface area contributed by atoms with Gasteiger partial charge in [-0.2, -0.15) is 0 Å². The molecule has 1 heterocycles. The first kappa shape index (κ1) is 10.7. The number of rotatable bonds is 1. The molecule has 1 amide bonds. The summed E-state index contributed by atoms with van der Waals surface area (Å²) in [6, 6.07) is 6.19. The SMILES string of the molecule is NC(=O)CC#Cc1ccc2c(c1)CNCC2. The molecule has 0 bridgehead atoms. The van der Waals surface area contributed by atoms with Gasteiger partial charge in [0.1, 0.15) is 0 Å². The Kier molecular flexibility index (Phi) is 3.23. The highest BCUT2D eigenvalue weighted by atomic mass is 16.1. The molecule has 1 aromatic carbocycles. The van der Waals surface area contributed by atoms with Gasteiger partial charge < -0.3 is 11.1 Å². The lowest BCUT2D eigenvalue weighted by Gasteiger charge is -2.16. The fourth-order valence-electron chi connectivity index (χ4n) is 1.79. The van der Waals surface area contributed by atoms with Gasteiger partial charge in [0.15, 0.2) is 0 Å². The summed E-state index contributed by atoms with van der Waals surface area (Å²) >= 11 is 0. The Labute approximate surface area is 95.0 Å². The molecule has 1 aliphatic heterocycles. The van der Waals surface area contributed by atoms with Crippen LogP contribution in [0, 0.1) is 11.8 Å². The van der Waals surface area contributed by atoms with E-state index in [1.54, 1.807) is 0 Å². The predicted molar refractivity (Wildman–Crippen MR) is 62.5 cm³/mol. The minimum atomic E-state index is -0.382. The first-order chi connectivity index (χ1) is 7.75. The summed E-state index contributed by atoms with van der Waals surface area (Å²) in [5.41, 5.74) is 8.65. The van der Waals surface area contributed by atoms with Crippen molar-refractivity contribution in [3.05, 3.63) is 34.9 Å². The number of nitrogens with two attached hydrogens (primary N) is 1. The molecule has 3 heteroatoms. The zero-order valence-corrected chi connectivity index (χ0v) is 9.05. The second kappa shape index (κ2) is 4.82. The van der Waals surface area contributed by atoms with E-state index in [2.05, 4.69) is 29.3 Å². The lowest BCUT2D eigenvalue weighted by molar-refractivity contribution is -0.117. The number of hydrogen-bond donors (Lipinski definition) is 2. The third-order valence-electron chi connectivity index (χ3n) is 2.59. The van der Waals surface area contributed by atoms with Gasteiger partial charge in [-0.05, 0) is 36.2 Å². The third kappa shape index (κ3) is 2.62. The maximum Gasteiger partial charge on any atom is 0.229 e. The average molecular weight is 214 g/mol. The smallest absolute Gasteiger partial charge is 0.229 e. The van der Waals surface area contributed by atoms with Gasteiger partial charge in [0.25, 0.3) is 0 Å². The van der Waals surface area contributed by atoms with Crippen LogP contribution in [0.2, 0.25) is 0 Å². The number of carbonyl (C=O) groups excluding carboxylic acids is 1. The monoisotopic (exact) mass is 214 g/mol. The molecular weight excluding hydrogens is 200 g/mol. The van der Waals surface area contributed by atoms with E-state index in [0.717, 1.165) is 25.1 Å². The number of nitrogens with one attached hydrogen (secondary N) is 1. The van der Waals surface area contributed by atoms with Crippen molar-refractivity contribution in [1.29, 1.82) is 0 Å². The number of hydrogen-bond acceptors (Lipinski definition) is 2. The Bertz CT molecular complexity index is 469. The molecule has 2 rings (SSSR count). The fraction of sp³-hybridized carbons (Fsp3) is 0.308. The normalized spacial score (nSPS) is 13.5. The Morgan fingerprint density at radius 3 is 3.12 bits per heavy atom. The fourth-order valence-corrected chi connectivity index (χ4v) is 1.79. The van der Waals surface area contributed by atoms with Crippen LogP contribution in [-0.2, 0) is 17.8 Å². The van der Waals surface area contributed by atoms with Crippen molar-refractivity contribution in [3.63, 3.8) is 0 Å². The van der Waals surface area contributed by atoms with E-state index in [9.17, 15) is 4.79 Å². The van der Waals surface area contributed by atoms with Gasteiger partial charge in [-0.1, -0.05) is 17.9 Å². The molecule has 16 heavy (non-hydrogen) atoms. The van der Waals surface area contributed by atoms with Crippen LogP contribution in [0.3, 0.4) is 0 Å². The second-order valence-corrected chi connectivity index (χ2v) is 3.86. The summed E-state index contributed by atoms with van der Waals surface area (Å²) in [6.45, 7) is 1.94. The van der Waals surface area contributed by atoms with Crippen LogP contribution in [0.15, 0.2) is 18.2 Å². The molecule has 0 radical (unpaired) electrons. The molecule has 1 aromatic rings. The van der Waals surface area contributed by atoms with Crippen LogP contribution in [0.5, 0.6) is 0 Å². The standard InChI is InChI=1S/C13H14N2O/c14-13(16)3-1-2-10-4-5-11-6-7-15-9-12(11)8-10/h4-5,8,15H,3,6-7,9H2,(H2,14,16). The van der Waals surface area contributed by atoms with Crippen LogP contribution in [0.4, 0.5) is 0 Å². The molecule has 0 aliphatic carbocycles. The van der Waals surface area contributed by atoms with Gasteiger partial charge in [0, 0.05) is 12.1 Å². The van der Waals surface area contributed by atoms with Gasteiger partial charge in [-0.3, -0.25) is 4.79 Å². The zero-order chi connectivity index (χ0) is 11.4. The summed E-state index contributed by atoms with van der Waals surface area (Å²) in [5, 5.41) is 3.32.